The number of anilines is 1. The lowest BCUT2D eigenvalue weighted by atomic mass is 9.98. The number of fused-ring (bicyclic) bond motifs is 2. The average molecular weight is 500 g/mol. The third-order valence-electron chi connectivity index (χ3n) is 5.07. The number of carbonyl (C=O) groups is 1. The molecule has 5 rings (SSSR count). The van der Waals surface area contributed by atoms with Crippen molar-refractivity contribution in [1.29, 1.82) is 0 Å². The Morgan fingerprint density at radius 3 is 2.71 bits per heavy atom. The molecule has 1 aliphatic rings. The third-order valence-corrected chi connectivity index (χ3v) is 6.40. The predicted octanol–water partition coefficient (Wildman–Crippen LogP) is 4.18. The Morgan fingerprint density at radius 2 is 2.00 bits per heavy atom. The molecule has 4 aromatic rings. The van der Waals surface area contributed by atoms with Gasteiger partial charge in [0, 0.05) is 4.47 Å². The maximum absolute atomic E-state index is 13.5. The van der Waals surface area contributed by atoms with E-state index in [1.165, 1.54) is 29.4 Å². The Bertz CT molecular complexity index is 1430. The minimum absolute atomic E-state index is 0.0373. The van der Waals surface area contributed by atoms with Crippen molar-refractivity contribution in [2.24, 2.45) is 0 Å². The molecule has 0 fully saturated rings. The molecule has 10 heteroatoms. The van der Waals surface area contributed by atoms with Crippen LogP contribution in [0, 0.1) is 6.92 Å². The summed E-state index contributed by atoms with van der Waals surface area (Å²) < 4.78 is 11.9. The summed E-state index contributed by atoms with van der Waals surface area (Å²) in [5, 5.41) is 19.5. The summed E-state index contributed by atoms with van der Waals surface area (Å²) in [6.07, 6.45) is 0. The number of aromatic hydroxyl groups is 1. The first-order valence-electron chi connectivity index (χ1n) is 9.16. The van der Waals surface area contributed by atoms with Gasteiger partial charge in [0.25, 0.3) is 5.91 Å². The highest BCUT2D eigenvalue weighted by Crippen LogP contribution is 2.43. The molecule has 31 heavy (non-hydrogen) atoms. The van der Waals surface area contributed by atoms with Gasteiger partial charge in [0.15, 0.2) is 16.9 Å². The van der Waals surface area contributed by atoms with Crippen molar-refractivity contribution in [3.63, 3.8) is 0 Å². The summed E-state index contributed by atoms with van der Waals surface area (Å²) in [7, 11) is 1.43. The van der Waals surface area contributed by atoms with Gasteiger partial charge in [-0.2, -0.15) is 0 Å². The van der Waals surface area contributed by atoms with E-state index in [0.29, 0.717) is 26.7 Å². The Kier molecular flexibility index (Phi) is 4.56. The van der Waals surface area contributed by atoms with Gasteiger partial charge in [0.2, 0.25) is 10.9 Å². The van der Waals surface area contributed by atoms with Crippen LogP contribution in [0.1, 0.15) is 32.7 Å². The zero-order chi connectivity index (χ0) is 21.9. The fourth-order valence-electron chi connectivity index (χ4n) is 3.71. The van der Waals surface area contributed by atoms with Crippen LogP contribution in [0.15, 0.2) is 50.1 Å². The molecule has 1 atom stereocenters. The van der Waals surface area contributed by atoms with Crippen molar-refractivity contribution in [2.75, 3.05) is 12.0 Å². The van der Waals surface area contributed by atoms with Gasteiger partial charge in [0.05, 0.1) is 24.1 Å². The number of carbonyl (C=O) groups excluding carboxylic acids is 1. The Hall–Kier alpha value is -3.24. The number of aryl methyl sites for hydroxylation is 1. The number of hydrogen-bond donors (Lipinski definition) is 1. The average Bonchev–Trinajstić information content (AvgIpc) is 3.30. The van der Waals surface area contributed by atoms with Gasteiger partial charge in [0.1, 0.15) is 10.6 Å². The normalized spacial score (nSPS) is 15.5. The summed E-state index contributed by atoms with van der Waals surface area (Å²) in [5.41, 5.74) is 0.775. The maximum atomic E-state index is 13.5. The molecule has 1 unspecified atom stereocenters. The van der Waals surface area contributed by atoms with Gasteiger partial charge in [-0.1, -0.05) is 33.3 Å². The smallest absolute Gasteiger partial charge is 0.297 e. The second kappa shape index (κ2) is 7.17. The molecular weight excluding hydrogens is 486 g/mol. The fraction of sp³-hybridized carbons (Fsp3) is 0.143. The van der Waals surface area contributed by atoms with Crippen LogP contribution in [-0.2, 0) is 0 Å². The molecule has 0 radical (unpaired) electrons. The number of amides is 1. The number of halogens is 1. The van der Waals surface area contributed by atoms with Gasteiger partial charge >= 0.3 is 0 Å². The molecule has 1 aliphatic heterocycles. The minimum Gasteiger partial charge on any atom is -0.504 e. The Labute approximate surface area is 187 Å². The Balaban J connectivity index is 1.83. The predicted molar refractivity (Wildman–Crippen MR) is 118 cm³/mol. The van der Waals surface area contributed by atoms with Crippen molar-refractivity contribution in [1.82, 2.24) is 10.2 Å². The molecule has 2 aromatic heterocycles. The molecular formula is C21H14BrN3O5S. The largest absolute Gasteiger partial charge is 0.504 e. The lowest BCUT2D eigenvalue weighted by molar-refractivity contribution is 0.0970. The van der Waals surface area contributed by atoms with Gasteiger partial charge in [-0.05, 0) is 42.8 Å². The van der Waals surface area contributed by atoms with Crippen LogP contribution in [0.25, 0.3) is 11.0 Å². The topological polar surface area (TPSA) is 106 Å². The number of phenolic OH excluding ortho intramolecular Hbond substituents is 1. The van der Waals surface area contributed by atoms with Crippen LogP contribution >= 0.6 is 27.3 Å². The van der Waals surface area contributed by atoms with Crippen LogP contribution in [0.3, 0.4) is 0 Å². The highest BCUT2D eigenvalue weighted by molar-refractivity contribution is 9.10. The van der Waals surface area contributed by atoms with Crippen molar-refractivity contribution < 1.29 is 19.1 Å². The molecule has 0 aliphatic carbocycles. The van der Waals surface area contributed by atoms with E-state index in [2.05, 4.69) is 26.1 Å². The van der Waals surface area contributed by atoms with Crippen LogP contribution in [0.2, 0.25) is 0 Å². The van der Waals surface area contributed by atoms with E-state index in [-0.39, 0.29) is 28.3 Å². The number of methoxy groups -OCH3 is 1. The monoisotopic (exact) mass is 499 g/mol. The van der Waals surface area contributed by atoms with Gasteiger partial charge in [-0.3, -0.25) is 14.5 Å². The van der Waals surface area contributed by atoms with Crippen LogP contribution in [0.4, 0.5) is 5.13 Å². The molecule has 0 saturated heterocycles. The Morgan fingerprint density at radius 1 is 1.19 bits per heavy atom. The summed E-state index contributed by atoms with van der Waals surface area (Å²) >= 11 is 4.61. The molecule has 1 N–H and O–H groups in total. The highest BCUT2D eigenvalue weighted by atomic mass is 79.9. The molecule has 0 saturated carbocycles. The van der Waals surface area contributed by atoms with Gasteiger partial charge in [-0.25, -0.2) is 0 Å². The first kappa shape index (κ1) is 19.7. The van der Waals surface area contributed by atoms with E-state index in [9.17, 15) is 14.7 Å². The fourth-order valence-corrected chi connectivity index (χ4v) is 4.78. The number of hydrogen-bond acceptors (Lipinski definition) is 8. The standard InChI is InChI=1S/C21H14BrN3O5S/c1-9-23-24-21(31-9)25-17(10-3-5-13(26)15(7-10)29-2)16-18(27)12-8-11(22)4-6-14(12)30-19(16)20(25)28/h3-8,17,26H,1-2H3. The number of benzene rings is 2. The van der Waals surface area contributed by atoms with E-state index >= 15 is 0 Å². The van der Waals surface area contributed by atoms with E-state index in [0.717, 1.165) is 4.47 Å². The van der Waals surface area contributed by atoms with Crippen LogP contribution in [-0.4, -0.2) is 28.3 Å². The lowest BCUT2D eigenvalue weighted by Gasteiger charge is -2.22. The first-order valence-corrected chi connectivity index (χ1v) is 10.8. The van der Waals surface area contributed by atoms with Gasteiger partial charge in [-0.15, -0.1) is 10.2 Å². The van der Waals surface area contributed by atoms with E-state index in [4.69, 9.17) is 9.15 Å². The summed E-state index contributed by atoms with van der Waals surface area (Å²) in [6, 6.07) is 8.92. The second-order valence-electron chi connectivity index (χ2n) is 6.93. The van der Waals surface area contributed by atoms with Crippen LogP contribution in [0.5, 0.6) is 11.5 Å². The molecule has 3 heterocycles. The first-order chi connectivity index (χ1) is 14.9. The number of ether oxygens (including phenoxy) is 1. The summed E-state index contributed by atoms with van der Waals surface area (Å²) in [6.45, 7) is 1.78. The molecule has 8 nitrogen and oxygen atoms in total. The maximum Gasteiger partial charge on any atom is 0.297 e. The number of nitrogens with zero attached hydrogens (tertiary/aromatic N) is 3. The molecule has 156 valence electrons. The lowest BCUT2D eigenvalue weighted by Crippen LogP contribution is -2.29. The zero-order valence-corrected chi connectivity index (χ0v) is 18.7. The molecule has 1 amide bonds. The highest BCUT2D eigenvalue weighted by Gasteiger charge is 2.45. The van der Waals surface area contributed by atoms with Crippen LogP contribution < -0.4 is 15.1 Å². The van der Waals surface area contributed by atoms with Crippen molar-refractivity contribution in [3.05, 3.63) is 73.0 Å². The number of aromatic nitrogens is 2. The molecule has 2 aromatic carbocycles. The molecule has 0 bridgehead atoms. The second-order valence-corrected chi connectivity index (χ2v) is 9.00. The summed E-state index contributed by atoms with van der Waals surface area (Å²) in [5.74, 6) is -0.349. The van der Waals surface area contributed by atoms with E-state index in [1.54, 1.807) is 37.3 Å². The quantitative estimate of drug-likeness (QED) is 0.450. The summed E-state index contributed by atoms with van der Waals surface area (Å²) in [4.78, 5) is 28.4. The van der Waals surface area contributed by atoms with Crippen molar-refractivity contribution >= 4 is 49.3 Å². The van der Waals surface area contributed by atoms with E-state index in [1.807, 2.05) is 0 Å². The minimum atomic E-state index is -0.816. The zero-order valence-electron chi connectivity index (χ0n) is 16.2. The number of rotatable bonds is 3. The SMILES string of the molecule is COc1cc(C2c3c(oc4ccc(Br)cc4c3=O)C(=O)N2c2nnc(C)s2)ccc1O. The van der Waals surface area contributed by atoms with Gasteiger partial charge < -0.3 is 14.3 Å². The third kappa shape index (κ3) is 3.02. The van der Waals surface area contributed by atoms with Crippen molar-refractivity contribution in [2.45, 2.75) is 13.0 Å². The number of phenols is 1. The molecule has 0 spiro atoms. The van der Waals surface area contributed by atoms with Crippen molar-refractivity contribution in [3.8, 4) is 11.5 Å². The van der Waals surface area contributed by atoms with E-state index < -0.39 is 11.9 Å².